The number of fused-ring (bicyclic) bond motifs is 1. The van der Waals surface area contributed by atoms with Crippen LogP contribution in [-0.2, 0) is 29.0 Å². The molecule has 0 fully saturated rings. The van der Waals surface area contributed by atoms with Gasteiger partial charge in [-0.1, -0.05) is 30.0 Å². The van der Waals surface area contributed by atoms with Gasteiger partial charge in [-0.25, -0.2) is 4.79 Å². The van der Waals surface area contributed by atoms with Crippen LogP contribution in [0.2, 0.25) is 0 Å². The van der Waals surface area contributed by atoms with E-state index in [4.69, 9.17) is 13.9 Å². The summed E-state index contributed by atoms with van der Waals surface area (Å²) in [5, 5.41) is 11.5. The topological polar surface area (TPSA) is 104 Å². The van der Waals surface area contributed by atoms with Crippen LogP contribution in [0.3, 0.4) is 0 Å². The Labute approximate surface area is 187 Å². The summed E-state index contributed by atoms with van der Waals surface area (Å²) < 4.78 is 16.3. The number of rotatable bonds is 9. The molecule has 31 heavy (non-hydrogen) atoms. The van der Waals surface area contributed by atoms with Gasteiger partial charge < -0.3 is 19.2 Å². The summed E-state index contributed by atoms with van der Waals surface area (Å²) in [6.45, 7) is 2.20. The zero-order valence-corrected chi connectivity index (χ0v) is 18.5. The van der Waals surface area contributed by atoms with E-state index in [2.05, 4.69) is 15.5 Å². The van der Waals surface area contributed by atoms with Crippen molar-refractivity contribution < 1.29 is 23.5 Å². The SMILES string of the molecule is CCOC(=O)c1c(NC(=O)CSc2nnc(COc3ccccc3)o2)sc2c1CCC2. The van der Waals surface area contributed by atoms with E-state index in [0.29, 0.717) is 28.8 Å². The highest BCUT2D eigenvalue weighted by Crippen LogP contribution is 2.39. The van der Waals surface area contributed by atoms with Gasteiger partial charge in [0.05, 0.1) is 17.9 Å². The molecule has 8 nitrogen and oxygen atoms in total. The molecule has 1 amide bonds. The first kappa shape index (κ1) is 21.4. The fourth-order valence-corrected chi connectivity index (χ4v) is 5.09. The predicted molar refractivity (Wildman–Crippen MR) is 117 cm³/mol. The molecule has 0 saturated heterocycles. The van der Waals surface area contributed by atoms with E-state index in [9.17, 15) is 9.59 Å². The Kier molecular flexibility index (Phi) is 6.88. The number of nitrogens with zero attached hydrogens (tertiary/aromatic N) is 2. The predicted octanol–water partition coefficient (Wildman–Crippen LogP) is 4.11. The minimum absolute atomic E-state index is 0.0754. The first-order valence-corrected chi connectivity index (χ1v) is 11.7. The number of carbonyl (C=O) groups is 2. The Morgan fingerprint density at radius 1 is 1.23 bits per heavy atom. The van der Waals surface area contributed by atoms with Gasteiger partial charge in [0, 0.05) is 4.88 Å². The van der Waals surface area contributed by atoms with Gasteiger partial charge in [-0.2, -0.15) is 0 Å². The van der Waals surface area contributed by atoms with Crippen molar-refractivity contribution in [2.24, 2.45) is 0 Å². The smallest absolute Gasteiger partial charge is 0.341 e. The molecule has 2 heterocycles. The third-order valence-electron chi connectivity index (χ3n) is 4.53. The number of thiophene rings is 1. The average molecular weight is 460 g/mol. The van der Waals surface area contributed by atoms with Crippen LogP contribution in [0.25, 0.3) is 0 Å². The van der Waals surface area contributed by atoms with Crippen molar-refractivity contribution in [3.8, 4) is 5.75 Å². The molecule has 2 aromatic heterocycles. The van der Waals surface area contributed by atoms with Crippen molar-refractivity contribution in [3.05, 3.63) is 52.2 Å². The number of benzene rings is 1. The van der Waals surface area contributed by atoms with E-state index < -0.39 is 0 Å². The first-order chi connectivity index (χ1) is 15.1. The molecular weight excluding hydrogens is 438 g/mol. The van der Waals surface area contributed by atoms with Gasteiger partial charge in [0.1, 0.15) is 10.8 Å². The van der Waals surface area contributed by atoms with E-state index in [1.165, 1.54) is 11.3 Å². The van der Waals surface area contributed by atoms with Crippen LogP contribution in [-0.4, -0.2) is 34.4 Å². The highest BCUT2D eigenvalue weighted by atomic mass is 32.2. The van der Waals surface area contributed by atoms with Crippen LogP contribution in [0.15, 0.2) is 40.0 Å². The third kappa shape index (κ3) is 5.26. The van der Waals surface area contributed by atoms with E-state index in [-0.39, 0.29) is 29.5 Å². The van der Waals surface area contributed by atoms with Gasteiger partial charge in [0.15, 0.2) is 6.61 Å². The fraction of sp³-hybridized carbons (Fsp3) is 0.333. The number of thioether (sulfide) groups is 1. The van der Waals surface area contributed by atoms with Crippen molar-refractivity contribution >= 4 is 40.0 Å². The maximum absolute atomic E-state index is 12.5. The molecule has 1 N–H and O–H groups in total. The minimum atomic E-state index is -0.384. The summed E-state index contributed by atoms with van der Waals surface area (Å²) in [5.74, 6) is 0.465. The zero-order valence-electron chi connectivity index (χ0n) is 16.9. The number of aryl methyl sites for hydroxylation is 1. The van der Waals surface area contributed by atoms with E-state index in [1.54, 1.807) is 6.92 Å². The Bertz CT molecular complexity index is 1060. The quantitative estimate of drug-likeness (QED) is 0.377. The van der Waals surface area contributed by atoms with Crippen LogP contribution in [0.5, 0.6) is 5.75 Å². The monoisotopic (exact) mass is 459 g/mol. The number of carbonyl (C=O) groups excluding carboxylic acids is 2. The lowest BCUT2D eigenvalue weighted by Gasteiger charge is -2.07. The summed E-state index contributed by atoms with van der Waals surface area (Å²) >= 11 is 2.58. The third-order valence-corrected chi connectivity index (χ3v) is 6.56. The fourth-order valence-electron chi connectivity index (χ4n) is 3.22. The molecule has 0 saturated carbocycles. The molecule has 0 unspecified atom stereocenters. The normalized spacial score (nSPS) is 12.4. The van der Waals surface area contributed by atoms with Gasteiger partial charge in [-0.3, -0.25) is 4.79 Å². The number of ether oxygens (including phenoxy) is 2. The van der Waals surface area contributed by atoms with Crippen LogP contribution in [0, 0.1) is 0 Å². The average Bonchev–Trinajstić information content (AvgIpc) is 3.48. The molecule has 1 aromatic carbocycles. The van der Waals surface area contributed by atoms with Gasteiger partial charge in [0.25, 0.3) is 11.1 Å². The Balaban J connectivity index is 1.32. The van der Waals surface area contributed by atoms with E-state index in [0.717, 1.165) is 41.5 Å². The maximum atomic E-state index is 12.5. The van der Waals surface area contributed by atoms with E-state index in [1.807, 2.05) is 30.3 Å². The van der Waals surface area contributed by atoms with Crippen LogP contribution >= 0.6 is 23.1 Å². The summed E-state index contributed by atoms with van der Waals surface area (Å²) in [5.41, 5.74) is 1.50. The second-order valence-electron chi connectivity index (χ2n) is 6.68. The second kappa shape index (κ2) is 9.97. The maximum Gasteiger partial charge on any atom is 0.341 e. The van der Waals surface area contributed by atoms with Crippen molar-refractivity contribution in [3.63, 3.8) is 0 Å². The van der Waals surface area contributed by atoms with Crippen LogP contribution < -0.4 is 10.1 Å². The van der Waals surface area contributed by atoms with Crippen molar-refractivity contribution in [2.45, 2.75) is 38.0 Å². The number of nitrogens with one attached hydrogen (secondary N) is 1. The molecule has 162 valence electrons. The van der Waals surface area contributed by atoms with Crippen LogP contribution in [0.4, 0.5) is 5.00 Å². The number of amides is 1. The number of anilines is 1. The molecule has 10 heteroatoms. The van der Waals surface area contributed by atoms with Gasteiger partial charge in [-0.15, -0.1) is 21.5 Å². The molecule has 0 spiro atoms. The van der Waals surface area contributed by atoms with Gasteiger partial charge in [-0.05, 0) is 43.9 Å². The van der Waals surface area contributed by atoms with Crippen molar-refractivity contribution in [2.75, 3.05) is 17.7 Å². The lowest BCUT2D eigenvalue weighted by atomic mass is 10.1. The zero-order chi connectivity index (χ0) is 21.6. The lowest BCUT2D eigenvalue weighted by molar-refractivity contribution is -0.113. The number of aromatic nitrogens is 2. The van der Waals surface area contributed by atoms with E-state index >= 15 is 0 Å². The Hall–Kier alpha value is -2.85. The summed E-state index contributed by atoms with van der Waals surface area (Å²) in [4.78, 5) is 26.0. The van der Waals surface area contributed by atoms with Crippen LogP contribution in [0.1, 0.15) is 40.0 Å². The molecule has 1 aliphatic rings. The summed E-state index contributed by atoms with van der Waals surface area (Å²) in [6.07, 6.45) is 2.78. The number of hydrogen-bond donors (Lipinski definition) is 1. The molecule has 1 aliphatic carbocycles. The number of esters is 1. The largest absolute Gasteiger partial charge is 0.484 e. The Morgan fingerprint density at radius 3 is 2.87 bits per heavy atom. The minimum Gasteiger partial charge on any atom is -0.484 e. The second-order valence-corrected chi connectivity index (χ2v) is 8.71. The molecule has 0 atom stereocenters. The Morgan fingerprint density at radius 2 is 2.06 bits per heavy atom. The first-order valence-electron chi connectivity index (χ1n) is 9.88. The number of hydrogen-bond acceptors (Lipinski definition) is 9. The highest BCUT2D eigenvalue weighted by molar-refractivity contribution is 7.99. The molecular formula is C21H21N3O5S2. The van der Waals surface area contributed by atoms with Gasteiger partial charge >= 0.3 is 5.97 Å². The molecule has 0 bridgehead atoms. The van der Waals surface area contributed by atoms with Gasteiger partial charge in [0.2, 0.25) is 5.91 Å². The summed E-state index contributed by atoms with van der Waals surface area (Å²) in [7, 11) is 0. The molecule has 0 radical (unpaired) electrons. The van der Waals surface area contributed by atoms with Crippen molar-refractivity contribution in [1.82, 2.24) is 10.2 Å². The lowest BCUT2D eigenvalue weighted by Crippen LogP contribution is -2.16. The molecule has 0 aliphatic heterocycles. The number of para-hydroxylation sites is 1. The standard InChI is InChI=1S/C21H21N3O5S2/c1-2-27-20(26)18-14-9-6-10-15(14)31-19(18)22-16(25)12-30-21-24-23-17(29-21)11-28-13-7-4-3-5-8-13/h3-5,7-8H,2,6,9-12H2,1H3,(H,22,25). The molecule has 3 aromatic rings. The molecule has 4 rings (SSSR count). The van der Waals surface area contributed by atoms with Crippen molar-refractivity contribution in [1.29, 1.82) is 0 Å². The highest BCUT2D eigenvalue weighted by Gasteiger charge is 2.28. The summed E-state index contributed by atoms with van der Waals surface area (Å²) in [6, 6.07) is 9.32.